The normalized spacial score (nSPS) is 14.8. The van der Waals surface area contributed by atoms with Crippen molar-refractivity contribution >= 4 is 41.5 Å². The number of hydrogen-bond donors (Lipinski definition) is 0. The van der Waals surface area contributed by atoms with Crippen LogP contribution in [0.3, 0.4) is 0 Å². The molecule has 18 heavy (non-hydrogen) atoms. The van der Waals surface area contributed by atoms with E-state index >= 15 is 0 Å². The Balaban J connectivity index is 2.36. The van der Waals surface area contributed by atoms with Gasteiger partial charge in [-0.15, -0.1) is 0 Å². The first kappa shape index (κ1) is 13.8. The molecular weight excluding hydrogens is 290 g/mol. The highest BCUT2D eigenvalue weighted by Crippen LogP contribution is 2.21. The van der Waals surface area contributed by atoms with Crippen LogP contribution in [0.15, 0.2) is 18.2 Å². The van der Waals surface area contributed by atoms with E-state index in [4.69, 9.17) is 0 Å². The van der Waals surface area contributed by atoms with E-state index in [1.165, 1.54) is 10.3 Å². The predicted octanol–water partition coefficient (Wildman–Crippen LogP) is 0.759. The standard InChI is InChI=1S/C11H13NO3S3/c1-8-3-4-10-11(7-8)17-9(2)12(10)5-6-18(14,16)15-13/h3-4,7H,5-6H2,1-2H3. The molecule has 1 heterocycles. The van der Waals surface area contributed by atoms with Crippen LogP contribution in [0.1, 0.15) is 10.6 Å². The molecule has 1 atom stereocenters. The second-order valence-electron chi connectivity index (χ2n) is 4.07. The van der Waals surface area contributed by atoms with E-state index in [0.717, 1.165) is 10.5 Å². The lowest BCUT2D eigenvalue weighted by Gasteiger charge is -2.08. The van der Waals surface area contributed by atoms with Gasteiger partial charge in [0.15, 0.2) is 6.54 Å². The Morgan fingerprint density at radius 2 is 2.22 bits per heavy atom. The molecule has 0 radical (unpaired) electrons. The predicted molar refractivity (Wildman–Crippen MR) is 73.0 cm³/mol. The van der Waals surface area contributed by atoms with Gasteiger partial charge >= 0.3 is 0 Å². The van der Waals surface area contributed by atoms with Gasteiger partial charge in [-0.05, 0) is 18.6 Å². The lowest BCUT2D eigenvalue weighted by Crippen LogP contribution is -2.39. The van der Waals surface area contributed by atoms with E-state index in [-0.39, 0.29) is 5.75 Å². The van der Waals surface area contributed by atoms with Crippen molar-refractivity contribution in [1.29, 1.82) is 0 Å². The minimum Gasteiger partial charge on any atom is -0.709 e. The third-order valence-corrected chi connectivity index (χ3v) is 5.33. The van der Waals surface area contributed by atoms with Gasteiger partial charge in [-0.2, -0.15) is 4.57 Å². The molecule has 0 aliphatic carbocycles. The van der Waals surface area contributed by atoms with Gasteiger partial charge in [0.05, 0.1) is 0 Å². The molecule has 0 saturated carbocycles. The highest BCUT2D eigenvalue weighted by molar-refractivity contribution is 8.30. The summed E-state index contributed by atoms with van der Waals surface area (Å²) < 4.78 is 18.2. The molecular formula is C11H13NO3S3. The van der Waals surface area contributed by atoms with Crippen molar-refractivity contribution < 1.29 is 18.4 Å². The van der Waals surface area contributed by atoms with E-state index < -0.39 is 8.77 Å². The Labute approximate surface area is 115 Å². The molecule has 0 aliphatic heterocycles. The minimum absolute atomic E-state index is 0.0526. The first-order valence-corrected chi connectivity index (χ1v) is 8.76. The number of thiazole rings is 1. The largest absolute Gasteiger partial charge is 0.709 e. The summed E-state index contributed by atoms with van der Waals surface area (Å²) in [4.78, 5) is 0. The summed E-state index contributed by atoms with van der Waals surface area (Å²) in [5, 5.41) is 11.3. The summed E-state index contributed by atoms with van der Waals surface area (Å²) >= 11 is 6.26. The summed E-state index contributed by atoms with van der Waals surface area (Å²) in [7, 11) is -3.13. The summed E-state index contributed by atoms with van der Waals surface area (Å²) in [5.74, 6) is 0.0526. The molecule has 1 unspecified atom stereocenters. The molecule has 98 valence electrons. The van der Waals surface area contributed by atoms with E-state index in [1.54, 1.807) is 11.3 Å². The number of aryl methyl sites for hydroxylation is 3. The van der Waals surface area contributed by atoms with Gasteiger partial charge in [0.1, 0.15) is 19.2 Å². The van der Waals surface area contributed by atoms with Crippen LogP contribution in [0.4, 0.5) is 0 Å². The molecule has 0 aliphatic rings. The molecule has 2 rings (SSSR count). The van der Waals surface area contributed by atoms with Crippen LogP contribution in [0, 0.1) is 13.8 Å². The van der Waals surface area contributed by atoms with Gasteiger partial charge in [-0.3, -0.25) is 0 Å². The summed E-state index contributed by atoms with van der Waals surface area (Å²) in [6, 6.07) is 6.16. The molecule has 0 fully saturated rings. The van der Waals surface area contributed by atoms with Gasteiger partial charge in [0.25, 0.3) is 0 Å². The monoisotopic (exact) mass is 303 g/mol. The van der Waals surface area contributed by atoms with Crippen LogP contribution in [-0.2, 0) is 30.8 Å². The molecule has 0 spiro atoms. The number of aromatic nitrogens is 1. The highest BCUT2D eigenvalue weighted by atomic mass is 32.8. The SMILES string of the molecule is Cc1ccc2c(c1)sc(C)[n+]2CCS(=O)(=S)O[O-]. The third kappa shape index (κ3) is 2.86. The maximum Gasteiger partial charge on any atom is 0.235 e. The average Bonchev–Trinajstić information content (AvgIpc) is 2.61. The average molecular weight is 303 g/mol. The zero-order valence-corrected chi connectivity index (χ0v) is 12.5. The van der Waals surface area contributed by atoms with Crippen LogP contribution in [0.5, 0.6) is 0 Å². The Hall–Kier alpha value is -0.600. The summed E-state index contributed by atoms with van der Waals surface area (Å²) in [6.45, 7) is 4.46. The lowest BCUT2D eigenvalue weighted by atomic mass is 10.2. The van der Waals surface area contributed by atoms with Gasteiger partial charge in [-0.25, -0.2) is 4.21 Å². The van der Waals surface area contributed by atoms with Gasteiger partial charge in [0.2, 0.25) is 10.5 Å². The Morgan fingerprint density at radius 1 is 1.50 bits per heavy atom. The smallest absolute Gasteiger partial charge is 0.235 e. The van der Waals surface area contributed by atoms with E-state index in [2.05, 4.69) is 21.6 Å². The van der Waals surface area contributed by atoms with Crippen molar-refractivity contribution in [2.75, 3.05) is 5.75 Å². The van der Waals surface area contributed by atoms with Crippen molar-refractivity contribution in [3.05, 3.63) is 28.8 Å². The van der Waals surface area contributed by atoms with Gasteiger partial charge in [0, 0.05) is 24.2 Å². The highest BCUT2D eigenvalue weighted by Gasteiger charge is 2.18. The molecule has 4 nitrogen and oxygen atoms in total. The van der Waals surface area contributed by atoms with Crippen LogP contribution in [0.2, 0.25) is 0 Å². The fourth-order valence-corrected chi connectivity index (χ4v) is 3.67. The first-order valence-electron chi connectivity index (χ1n) is 5.37. The van der Waals surface area contributed by atoms with Crippen LogP contribution >= 0.6 is 11.3 Å². The van der Waals surface area contributed by atoms with Gasteiger partial charge in [-0.1, -0.05) is 17.4 Å². The topological polar surface area (TPSA) is 53.2 Å². The maximum atomic E-state index is 11.4. The Kier molecular flexibility index (Phi) is 3.98. The summed E-state index contributed by atoms with van der Waals surface area (Å²) in [6.07, 6.45) is 0. The Bertz CT molecular complexity index is 676. The molecule has 2 aromatic rings. The van der Waals surface area contributed by atoms with Crippen LogP contribution < -0.4 is 9.82 Å². The number of nitrogens with zero attached hydrogens (tertiary/aromatic N) is 1. The molecule has 7 heteroatoms. The quantitative estimate of drug-likeness (QED) is 0.475. The number of benzene rings is 1. The second kappa shape index (κ2) is 5.18. The molecule has 0 N–H and O–H groups in total. The van der Waals surface area contributed by atoms with E-state index in [9.17, 15) is 9.47 Å². The summed E-state index contributed by atoms with van der Waals surface area (Å²) in [5.41, 5.74) is 2.27. The van der Waals surface area contributed by atoms with Gasteiger partial charge < -0.3 is 9.59 Å². The van der Waals surface area contributed by atoms with E-state index in [0.29, 0.717) is 6.54 Å². The van der Waals surface area contributed by atoms with Crippen LogP contribution in [0.25, 0.3) is 10.2 Å². The zero-order chi connectivity index (χ0) is 13.3. The number of hydrogen-bond acceptors (Lipinski definition) is 5. The molecule has 1 aromatic heterocycles. The molecule has 0 saturated heterocycles. The lowest BCUT2D eigenvalue weighted by molar-refractivity contribution is -0.669. The minimum atomic E-state index is -3.13. The van der Waals surface area contributed by atoms with Crippen molar-refractivity contribution in [3.63, 3.8) is 0 Å². The molecule has 0 bridgehead atoms. The van der Waals surface area contributed by atoms with Crippen LogP contribution in [-0.4, -0.2) is 9.96 Å². The maximum absolute atomic E-state index is 11.4. The van der Waals surface area contributed by atoms with Crippen molar-refractivity contribution in [1.82, 2.24) is 0 Å². The molecule has 0 amide bonds. The number of fused-ring (bicyclic) bond motifs is 1. The molecule has 1 aromatic carbocycles. The first-order chi connectivity index (χ1) is 8.43. The van der Waals surface area contributed by atoms with Crippen molar-refractivity contribution in [2.24, 2.45) is 0 Å². The van der Waals surface area contributed by atoms with E-state index in [1.807, 2.05) is 30.5 Å². The van der Waals surface area contributed by atoms with Crippen molar-refractivity contribution in [3.8, 4) is 0 Å². The fraction of sp³-hybridized carbons (Fsp3) is 0.364. The number of rotatable bonds is 4. The fourth-order valence-electron chi connectivity index (χ4n) is 1.82. The Morgan fingerprint density at radius 3 is 2.89 bits per heavy atom. The third-order valence-electron chi connectivity index (χ3n) is 2.71. The second-order valence-corrected chi connectivity index (χ2v) is 8.49. The zero-order valence-electron chi connectivity index (χ0n) is 10.0. The van der Waals surface area contributed by atoms with Crippen molar-refractivity contribution in [2.45, 2.75) is 20.4 Å².